The lowest BCUT2D eigenvalue weighted by Crippen LogP contribution is -2.40. The summed E-state index contributed by atoms with van der Waals surface area (Å²) in [5.74, 6) is 0.729. The molecule has 0 fully saturated rings. The average Bonchev–Trinajstić information content (AvgIpc) is 2.78. The van der Waals surface area contributed by atoms with Gasteiger partial charge in [-0.05, 0) is 37.4 Å². The van der Waals surface area contributed by atoms with Gasteiger partial charge in [0.25, 0.3) is 0 Å². The van der Waals surface area contributed by atoms with E-state index in [2.05, 4.69) is 55.7 Å². The van der Waals surface area contributed by atoms with E-state index in [9.17, 15) is 0 Å². The summed E-state index contributed by atoms with van der Waals surface area (Å²) in [5, 5.41) is 7.86. The van der Waals surface area contributed by atoms with Gasteiger partial charge in [0.2, 0.25) is 0 Å². The number of benzene rings is 1. The second-order valence-electron chi connectivity index (χ2n) is 5.91. The van der Waals surface area contributed by atoms with E-state index in [4.69, 9.17) is 0 Å². The van der Waals surface area contributed by atoms with E-state index in [1.165, 1.54) is 16.9 Å². The molecule has 0 amide bonds. The summed E-state index contributed by atoms with van der Waals surface area (Å²) in [7, 11) is 0. The first-order valence-corrected chi connectivity index (χ1v) is 8.21. The van der Waals surface area contributed by atoms with Crippen molar-refractivity contribution in [2.24, 2.45) is 5.92 Å². The highest BCUT2D eigenvalue weighted by Crippen LogP contribution is 2.36. The Hall–Kier alpha value is -0.510. The predicted octanol–water partition coefficient (Wildman–Crippen LogP) is 2.93. The summed E-state index contributed by atoms with van der Waals surface area (Å²) in [6.45, 7) is 10.0. The molecule has 0 aliphatic carbocycles. The molecule has 2 unspecified atom stereocenters. The van der Waals surface area contributed by atoms with E-state index >= 15 is 0 Å². The van der Waals surface area contributed by atoms with Gasteiger partial charge in [0.1, 0.15) is 0 Å². The van der Waals surface area contributed by atoms with Gasteiger partial charge in [0, 0.05) is 29.3 Å². The molecule has 1 heterocycles. The quantitative estimate of drug-likeness (QED) is 0.802. The molecular weight excluding hydrogens is 252 g/mol. The monoisotopic (exact) mass is 278 g/mol. The Labute approximate surface area is 121 Å². The summed E-state index contributed by atoms with van der Waals surface area (Å²) >= 11 is 2.02. The maximum absolute atomic E-state index is 3.65. The molecule has 0 bridgehead atoms. The van der Waals surface area contributed by atoms with Gasteiger partial charge in [-0.1, -0.05) is 32.0 Å². The normalized spacial score (nSPS) is 19.7. The van der Waals surface area contributed by atoms with Crippen LogP contribution < -0.4 is 10.6 Å². The maximum atomic E-state index is 3.65. The fourth-order valence-corrected chi connectivity index (χ4v) is 3.62. The van der Waals surface area contributed by atoms with Crippen LogP contribution in [-0.4, -0.2) is 30.9 Å². The summed E-state index contributed by atoms with van der Waals surface area (Å²) in [5.41, 5.74) is 1.52. The maximum Gasteiger partial charge on any atom is 0.0260 e. The van der Waals surface area contributed by atoms with Crippen molar-refractivity contribution < 1.29 is 0 Å². The molecule has 19 heavy (non-hydrogen) atoms. The van der Waals surface area contributed by atoms with Crippen LogP contribution in [0, 0.1) is 5.92 Å². The van der Waals surface area contributed by atoms with Crippen molar-refractivity contribution in [1.29, 1.82) is 0 Å². The van der Waals surface area contributed by atoms with Gasteiger partial charge < -0.3 is 10.6 Å². The molecule has 2 N–H and O–H groups in total. The van der Waals surface area contributed by atoms with Gasteiger partial charge in [0.05, 0.1) is 0 Å². The van der Waals surface area contributed by atoms with Crippen molar-refractivity contribution in [1.82, 2.24) is 10.6 Å². The molecule has 1 aliphatic heterocycles. The third-order valence-corrected chi connectivity index (χ3v) is 4.73. The second-order valence-corrected chi connectivity index (χ2v) is 7.26. The number of thioether (sulfide) groups is 1. The Kier molecular flexibility index (Phi) is 5.74. The van der Waals surface area contributed by atoms with Gasteiger partial charge in [-0.2, -0.15) is 0 Å². The fraction of sp³-hybridized carbons (Fsp3) is 0.625. The first kappa shape index (κ1) is 14.9. The fourth-order valence-electron chi connectivity index (χ4n) is 2.36. The van der Waals surface area contributed by atoms with Crippen LogP contribution in [0.4, 0.5) is 0 Å². The highest BCUT2D eigenvalue weighted by Gasteiger charge is 2.21. The molecule has 0 radical (unpaired) electrons. The highest BCUT2D eigenvalue weighted by atomic mass is 32.2. The number of hydrogen-bond donors (Lipinski definition) is 2. The summed E-state index contributed by atoms with van der Waals surface area (Å²) in [6.07, 6.45) is 1.21. The van der Waals surface area contributed by atoms with Gasteiger partial charge in [-0.3, -0.25) is 0 Å². The Bertz CT molecular complexity index is 367. The molecule has 0 saturated heterocycles. The number of nitrogens with one attached hydrogen (secondary N) is 2. The lowest BCUT2D eigenvalue weighted by Gasteiger charge is -2.18. The minimum atomic E-state index is 0.545. The van der Waals surface area contributed by atoms with Crippen molar-refractivity contribution in [3.8, 4) is 0 Å². The molecule has 0 aromatic heterocycles. The third kappa shape index (κ3) is 4.83. The van der Waals surface area contributed by atoms with Crippen LogP contribution in [0.3, 0.4) is 0 Å². The summed E-state index contributed by atoms with van der Waals surface area (Å²) < 4.78 is 0. The van der Waals surface area contributed by atoms with Crippen molar-refractivity contribution in [2.75, 3.05) is 19.6 Å². The van der Waals surface area contributed by atoms with E-state index in [1.807, 2.05) is 11.8 Å². The van der Waals surface area contributed by atoms with Crippen LogP contribution in [0.15, 0.2) is 29.2 Å². The van der Waals surface area contributed by atoms with Crippen LogP contribution in [0.5, 0.6) is 0 Å². The van der Waals surface area contributed by atoms with Crippen molar-refractivity contribution in [3.05, 3.63) is 29.8 Å². The lowest BCUT2D eigenvalue weighted by molar-refractivity contribution is 0.472. The van der Waals surface area contributed by atoms with Crippen molar-refractivity contribution in [3.63, 3.8) is 0 Å². The second kappa shape index (κ2) is 7.32. The molecule has 1 aliphatic rings. The van der Waals surface area contributed by atoms with Crippen LogP contribution in [0.2, 0.25) is 0 Å². The third-order valence-electron chi connectivity index (χ3n) is 3.41. The highest BCUT2D eigenvalue weighted by molar-refractivity contribution is 8.00. The predicted molar refractivity (Wildman–Crippen MR) is 85.0 cm³/mol. The molecule has 106 valence electrons. The largest absolute Gasteiger partial charge is 0.315 e. The molecular formula is C16H26N2S. The van der Waals surface area contributed by atoms with E-state index in [0.29, 0.717) is 11.3 Å². The Morgan fingerprint density at radius 1 is 1.21 bits per heavy atom. The Morgan fingerprint density at radius 3 is 2.74 bits per heavy atom. The van der Waals surface area contributed by atoms with Gasteiger partial charge in [0.15, 0.2) is 0 Å². The molecule has 0 spiro atoms. The molecule has 1 aromatic rings. The molecule has 0 saturated carbocycles. The SMILES string of the molecule is CC(C)CNCC(C)NCC1Cc2ccccc2S1. The minimum absolute atomic E-state index is 0.545. The smallest absolute Gasteiger partial charge is 0.0260 e. The van der Waals surface area contributed by atoms with Crippen molar-refractivity contribution >= 4 is 11.8 Å². The number of fused-ring (bicyclic) bond motifs is 1. The molecule has 2 rings (SSSR count). The zero-order valence-electron chi connectivity index (χ0n) is 12.3. The van der Waals surface area contributed by atoms with E-state index < -0.39 is 0 Å². The van der Waals surface area contributed by atoms with Gasteiger partial charge in [-0.15, -0.1) is 11.8 Å². The standard InChI is InChI=1S/C16H26N2S/c1-12(2)9-17-10-13(3)18-11-15-8-14-6-4-5-7-16(14)19-15/h4-7,12-13,15,17-18H,8-11H2,1-3H3. The number of hydrogen-bond acceptors (Lipinski definition) is 3. The van der Waals surface area contributed by atoms with Crippen LogP contribution in [0.1, 0.15) is 26.3 Å². The average molecular weight is 278 g/mol. The van der Waals surface area contributed by atoms with Crippen molar-refractivity contribution in [2.45, 2.75) is 43.4 Å². The van der Waals surface area contributed by atoms with E-state index in [1.54, 1.807) is 0 Å². The van der Waals surface area contributed by atoms with Crippen LogP contribution in [-0.2, 0) is 6.42 Å². The first-order valence-electron chi connectivity index (χ1n) is 7.34. The molecule has 1 aromatic carbocycles. The summed E-state index contributed by atoms with van der Waals surface area (Å²) in [6, 6.07) is 9.33. The van der Waals surface area contributed by atoms with Gasteiger partial charge in [-0.25, -0.2) is 0 Å². The summed E-state index contributed by atoms with van der Waals surface area (Å²) in [4.78, 5) is 1.47. The first-order chi connectivity index (χ1) is 9.15. The molecule has 3 heteroatoms. The Morgan fingerprint density at radius 2 is 2.00 bits per heavy atom. The van der Waals surface area contributed by atoms with E-state index in [-0.39, 0.29) is 0 Å². The van der Waals surface area contributed by atoms with Gasteiger partial charge >= 0.3 is 0 Å². The molecule has 2 atom stereocenters. The lowest BCUT2D eigenvalue weighted by atomic mass is 10.1. The Balaban J connectivity index is 1.65. The number of rotatable bonds is 7. The zero-order valence-corrected chi connectivity index (χ0v) is 13.1. The topological polar surface area (TPSA) is 24.1 Å². The molecule has 2 nitrogen and oxygen atoms in total. The zero-order chi connectivity index (χ0) is 13.7. The van der Waals surface area contributed by atoms with E-state index in [0.717, 1.165) is 25.6 Å². The van der Waals surface area contributed by atoms with Crippen LogP contribution >= 0.6 is 11.8 Å². The van der Waals surface area contributed by atoms with Crippen LogP contribution in [0.25, 0.3) is 0 Å². The minimum Gasteiger partial charge on any atom is -0.315 e.